The summed E-state index contributed by atoms with van der Waals surface area (Å²) in [5, 5.41) is 0. The van der Waals surface area contributed by atoms with Crippen LogP contribution in [0.5, 0.6) is 0 Å². The Bertz CT molecular complexity index is 216. The first-order chi connectivity index (χ1) is 4.70. The van der Waals surface area contributed by atoms with Gasteiger partial charge in [-0.3, -0.25) is 4.98 Å². The fourth-order valence-electron chi connectivity index (χ4n) is 0.819. The lowest BCUT2D eigenvalue weighted by atomic mass is 10.0. The first kappa shape index (κ1) is 7.26. The van der Waals surface area contributed by atoms with Crippen LogP contribution in [-0.4, -0.2) is 4.98 Å². The van der Waals surface area contributed by atoms with Crippen LogP contribution in [0.2, 0.25) is 0 Å². The molecule has 1 heterocycles. The van der Waals surface area contributed by atoms with E-state index < -0.39 is 0 Å². The second-order valence-electron chi connectivity index (χ2n) is 2.87. The molecule has 1 rings (SSSR count). The van der Waals surface area contributed by atoms with Crippen LogP contribution >= 0.6 is 0 Å². The van der Waals surface area contributed by atoms with Crippen molar-refractivity contribution in [1.82, 2.24) is 4.98 Å². The summed E-state index contributed by atoms with van der Waals surface area (Å²) >= 11 is 0. The maximum absolute atomic E-state index is 3.98. The Morgan fingerprint density at radius 2 is 2.20 bits per heavy atom. The lowest BCUT2D eigenvalue weighted by Crippen LogP contribution is -1.89. The van der Waals surface area contributed by atoms with Crippen molar-refractivity contribution in [3.8, 4) is 0 Å². The van der Waals surface area contributed by atoms with Gasteiger partial charge in [0, 0.05) is 6.20 Å². The van der Waals surface area contributed by atoms with Crippen molar-refractivity contribution in [2.24, 2.45) is 0 Å². The highest BCUT2D eigenvalue weighted by molar-refractivity contribution is 5.18. The lowest BCUT2D eigenvalue weighted by Gasteiger charge is -2.02. The van der Waals surface area contributed by atoms with Gasteiger partial charge in [0.15, 0.2) is 0 Å². The van der Waals surface area contributed by atoms with E-state index in [-0.39, 0.29) is 0 Å². The molecule has 0 aliphatic carbocycles. The zero-order chi connectivity index (χ0) is 7.56. The quantitative estimate of drug-likeness (QED) is 0.574. The van der Waals surface area contributed by atoms with Crippen LogP contribution in [0.3, 0.4) is 0 Å². The van der Waals surface area contributed by atoms with Gasteiger partial charge in [0.1, 0.15) is 0 Å². The summed E-state index contributed by atoms with van der Waals surface area (Å²) in [6, 6.07) is 2.12. The molecule has 1 nitrogen and oxygen atoms in total. The highest BCUT2D eigenvalue weighted by Gasteiger charge is 1.98. The van der Waals surface area contributed by atoms with Crippen LogP contribution in [0.25, 0.3) is 0 Å². The Balaban J connectivity index is 2.96. The molecule has 0 fully saturated rings. The zero-order valence-electron chi connectivity index (χ0n) is 6.68. The molecule has 1 radical (unpaired) electrons. The van der Waals surface area contributed by atoms with E-state index in [9.17, 15) is 0 Å². The van der Waals surface area contributed by atoms with Gasteiger partial charge in [-0.15, -0.1) is 0 Å². The topological polar surface area (TPSA) is 12.9 Å². The molecule has 1 aromatic heterocycles. The number of nitrogens with zero attached hydrogens (tertiary/aromatic N) is 1. The minimum atomic E-state index is 0.535. The van der Waals surface area contributed by atoms with Gasteiger partial charge in [0.25, 0.3) is 0 Å². The molecule has 0 saturated heterocycles. The number of hydrogen-bond donors (Lipinski definition) is 0. The molecule has 53 valence electrons. The van der Waals surface area contributed by atoms with Crippen molar-refractivity contribution in [1.29, 1.82) is 0 Å². The van der Waals surface area contributed by atoms with Crippen molar-refractivity contribution < 1.29 is 0 Å². The van der Waals surface area contributed by atoms with Crippen LogP contribution in [0, 0.1) is 13.1 Å². The maximum Gasteiger partial charge on any atom is 0.0923 e. The molecular formula is C9H12N. The molecule has 0 atom stereocenters. The van der Waals surface area contributed by atoms with Crippen molar-refractivity contribution in [2.75, 3.05) is 0 Å². The number of hydrogen-bond acceptors (Lipinski definition) is 1. The molecule has 1 heteroatoms. The fourth-order valence-corrected chi connectivity index (χ4v) is 0.819. The van der Waals surface area contributed by atoms with Crippen molar-refractivity contribution in [3.05, 3.63) is 29.6 Å². The molecule has 0 aromatic carbocycles. The summed E-state index contributed by atoms with van der Waals surface area (Å²) < 4.78 is 0. The van der Waals surface area contributed by atoms with Gasteiger partial charge in [-0.05, 0) is 24.0 Å². The molecule has 1 aromatic rings. The minimum absolute atomic E-state index is 0.535. The molecule has 0 N–H and O–H groups in total. The van der Waals surface area contributed by atoms with E-state index in [4.69, 9.17) is 0 Å². The van der Waals surface area contributed by atoms with Gasteiger partial charge in [-0.1, -0.05) is 19.9 Å². The average Bonchev–Trinajstić information content (AvgIpc) is 1.88. The SMILES string of the molecule is Cc1cn[c]c(C(C)C)c1. The summed E-state index contributed by atoms with van der Waals surface area (Å²) in [6.07, 6.45) is 4.78. The van der Waals surface area contributed by atoms with E-state index in [2.05, 4.69) is 31.1 Å². The van der Waals surface area contributed by atoms with Crippen LogP contribution < -0.4 is 0 Å². The molecule has 0 saturated carbocycles. The molecule has 0 aliphatic rings. The molecule has 10 heavy (non-hydrogen) atoms. The van der Waals surface area contributed by atoms with Gasteiger partial charge in [0.2, 0.25) is 0 Å². The van der Waals surface area contributed by atoms with E-state index in [0.29, 0.717) is 5.92 Å². The maximum atomic E-state index is 3.98. The summed E-state index contributed by atoms with van der Waals surface area (Å²) in [6.45, 7) is 6.34. The summed E-state index contributed by atoms with van der Waals surface area (Å²) in [7, 11) is 0. The number of pyridine rings is 1. The second-order valence-corrected chi connectivity index (χ2v) is 2.87. The van der Waals surface area contributed by atoms with Crippen LogP contribution in [0.15, 0.2) is 12.3 Å². The Morgan fingerprint density at radius 1 is 1.50 bits per heavy atom. The molecule has 0 spiro atoms. The number of rotatable bonds is 1. The number of aromatic nitrogens is 1. The van der Waals surface area contributed by atoms with Gasteiger partial charge >= 0.3 is 0 Å². The Kier molecular flexibility index (Phi) is 2.05. The Hall–Kier alpha value is -0.850. The Morgan fingerprint density at radius 3 is 2.60 bits per heavy atom. The Labute approximate surface area is 62.1 Å². The van der Waals surface area contributed by atoms with E-state index in [1.165, 1.54) is 11.1 Å². The third kappa shape index (κ3) is 1.56. The van der Waals surface area contributed by atoms with E-state index in [1.54, 1.807) is 0 Å². The number of aryl methyl sites for hydroxylation is 1. The van der Waals surface area contributed by atoms with Crippen LogP contribution in [0.4, 0.5) is 0 Å². The van der Waals surface area contributed by atoms with Crippen LogP contribution in [0.1, 0.15) is 30.9 Å². The monoisotopic (exact) mass is 134 g/mol. The fraction of sp³-hybridized carbons (Fsp3) is 0.444. The third-order valence-corrected chi connectivity index (χ3v) is 1.47. The zero-order valence-corrected chi connectivity index (χ0v) is 6.68. The predicted molar refractivity (Wildman–Crippen MR) is 41.9 cm³/mol. The first-order valence-corrected chi connectivity index (χ1v) is 3.54. The van der Waals surface area contributed by atoms with Gasteiger partial charge in [-0.2, -0.15) is 0 Å². The standard InChI is InChI=1S/C9H12N/c1-7(2)9-4-8(3)5-10-6-9/h4-5,7H,1-3H3. The highest BCUT2D eigenvalue weighted by Crippen LogP contribution is 2.12. The van der Waals surface area contributed by atoms with Crippen molar-refractivity contribution in [3.63, 3.8) is 0 Å². The molecule has 0 aliphatic heterocycles. The van der Waals surface area contributed by atoms with E-state index in [1.807, 2.05) is 13.1 Å². The summed E-state index contributed by atoms with van der Waals surface area (Å²) in [5.41, 5.74) is 2.41. The minimum Gasteiger partial charge on any atom is -0.254 e. The molecule has 0 bridgehead atoms. The summed E-state index contributed by atoms with van der Waals surface area (Å²) in [4.78, 5) is 3.98. The van der Waals surface area contributed by atoms with Gasteiger partial charge in [0.05, 0.1) is 6.20 Å². The van der Waals surface area contributed by atoms with E-state index in [0.717, 1.165) is 0 Å². The third-order valence-electron chi connectivity index (χ3n) is 1.47. The largest absolute Gasteiger partial charge is 0.254 e. The molecule has 0 unspecified atom stereocenters. The first-order valence-electron chi connectivity index (χ1n) is 3.54. The van der Waals surface area contributed by atoms with E-state index >= 15 is 0 Å². The highest BCUT2D eigenvalue weighted by atomic mass is 14.6. The predicted octanol–water partition coefficient (Wildman–Crippen LogP) is 2.31. The van der Waals surface area contributed by atoms with Crippen molar-refractivity contribution >= 4 is 0 Å². The summed E-state index contributed by atoms with van der Waals surface area (Å²) in [5.74, 6) is 0.535. The van der Waals surface area contributed by atoms with Gasteiger partial charge < -0.3 is 0 Å². The van der Waals surface area contributed by atoms with Gasteiger partial charge in [-0.25, -0.2) is 0 Å². The normalized spacial score (nSPS) is 10.4. The average molecular weight is 134 g/mol. The van der Waals surface area contributed by atoms with Crippen molar-refractivity contribution in [2.45, 2.75) is 26.7 Å². The molecular weight excluding hydrogens is 122 g/mol. The smallest absolute Gasteiger partial charge is 0.0923 e. The lowest BCUT2D eigenvalue weighted by molar-refractivity contribution is 0.852. The molecule has 0 amide bonds. The second kappa shape index (κ2) is 2.82. The van der Waals surface area contributed by atoms with Crippen LogP contribution in [-0.2, 0) is 0 Å².